The van der Waals surface area contributed by atoms with Gasteiger partial charge in [-0.2, -0.15) is 0 Å². The van der Waals surface area contributed by atoms with Crippen LogP contribution >= 0.6 is 11.8 Å². The smallest absolute Gasteiger partial charge is 0.263 e. The van der Waals surface area contributed by atoms with E-state index in [1.807, 2.05) is 12.1 Å². The second-order valence-electron chi connectivity index (χ2n) is 4.74. The number of nitrogens with zero attached hydrogens (tertiary/aromatic N) is 3. The average Bonchev–Trinajstić information content (AvgIpc) is 2.80. The molecule has 0 aliphatic heterocycles. The summed E-state index contributed by atoms with van der Waals surface area (Å²) >= 11 is 1.38. The monoisotopic (exact) mass is 286 g/mol. The van der Waals surface area contributed by atoms with Crippen LogP contribution < -0.4 is 5.73 Å². The molecule has 0 radical (unpaired) electrons. The van der Waals surface area contributed by atoms with Crippen LogP contribution in [0.25, 0.3) is 11.1 Å². The number of benzene rings is 1. The zero-order chi connectivity index (χ0) is 14.1. The summed E-state index contributed by atoms with van der Waals surface area (Å²) < 4.78 is 5.66. The number of hydrogen-bond acceptors (Lipinski definition) is 6. The van der Waals surface area contributed by atoms with E-state index in [9.17, 15) is 0 Å². The Morgan fingerprint density at radius 1 is 1.20 bits per heavy atom. The third-order valence-electron chi connectivity index (χ3n) is 2.84. The minimum Gasteiger partial charge on any atom is -0.431 e. The number of fused-ring (bicyclic) bond motifs is 1. The van der Waals surface area contributed by atoms with E-state index >= 15 is 0 Å². The van der Waals surface area contributed by atoms with Crippen molar-refractivity contribution in [1.29, 1.82) is 0 Å². The number of rotatable bonds is 3. The highest BCUT2D eigenvalue weighted by molar-refractivity contribution is 7.99. The fourth-order valence-electron chi connectivity index (χ4n) is 1.78. The highest BCUT2D eigenvalue weighted by Gasteiger charge is 2.10. The van der Waals surface area contributed by atoms with Crippen LogP contribution in [-0.2, 0) is 0 Å². The Hall–Kier alpha value is -2.08. The van der Waals surface area contributed by atoms with Crippen LogP contribution in [0.15, 0.2) is 45.3 Å². The van der Waals surface area contributed by atoms with Gasteiger partial charge in [0.2, 0.25) is 0 Å². The van der Waals surface area contributed by atoms with Crippen LogP contribution in [0.3, 0.4) is 0 Å². The van der Waals surface area contributed by atoms with Gasteiger partial charge in [-0.25, -0.2) is 15.0 Å². The Kier molecular flexibility index (Phi) is 3.31. The highest BCUT2D eigenvalue weighted by Crippen LogP contribution is 2.30. The zero-order valence-corrected chi connectivity index (χ0v) is 12.0. The van der Waals surface area contributed by atoms with Gasteiger partial charge in [0.05, 0.1) is 0 Å². The second-order valence-corrected chi connectivity index (χ2v) is 5.72. The predicted molar refractivity (Wildman–Crippen MR) is 78.7 cm³/mol. The molecule has 20 heavy (non-hydrogen) atoms. The molecule has 0 aliphatic carbocycles. The maximum atomic E-state index is 5.72. The molecule has 3 rings (SSSR count). The number of anilines is 1. The van der Waals surface area contributed by atoms with Gasteiger partial charge >= 0.3 is 0 Å². The fourth-order valence-corrected chi connectivity index (χ4v) is 2.51. The van der Waals surface area contributed by atoms with Crippen LogP contribution in [0.1, 0.15) is 25.5 Å². The summed E-state index contributed by atoms with van der Waals surface area (Å²) in [5.74, 6) is 0.362. The first kappa shape index (κ1) is 12.9. The van der Waals surface area contributed by atoms with Crippen molar-refractivity contribution in [3.8, 4) is 0 Å². The van der Waals surface area contributed by atoms with E-state index in [2.05, 4.69) is 28.8 Å². The lowest BCUT2D eigenvalue weighted by molar-refractivity contribution is 0.489. The normalized spacial score (nSPS) is 11.3. The molecule has 0 saturated carbocycles. The Morgan fingerprint density at radius 3 is 2.85 bits per heavy atom. The van der Waals surface area contributed by atoms with Crippen molar-refractivity contribution in [3.05, 3.63) is 36.3 Å². The molecular weight excluding hydrogens is 272 g/mol. The van der Waals surface area contributed by atoms with Crippen LogP contribution in [0.5, 0.6) is 0 Å². The average molecular weight is 286 g/mol. The van der Waals surface area contributed by atoms with Gasteiger partial charge in [-0.3, -0.25) is 0 Å². The predicted octanol–water partition coefficient (Wildman–Crippen LogP) is 3.47. The first-order valence-corrected chi connectivity index (χ1v) is 7.09. The minimum absolute atomic E-state index is 0.362. The lowest BCUT2D eigenvalue weighted by Gasteiger charge is -2.04. The largest absolute Gasteiger partial charge is 0.431 e. The Labute approximate surface area is 120 Å². The molecular formula is C14H14N4OS. The molecule has 0 bridgehead atoms. The highest BCUT2D eigenvalue weighted by atomic mass is 32.2. The molecule has 0 fully saturated rings. The molecule has 0 amide bonds. The van der Waals surface area contributed by atoms with E-state index < -0.39 is 0 Å². The van der Waals surface area contributed by atoms with Gasteiger partial charge in [-0.05, 0) is 35.9 Å². The molecule has 0 saturated heterocycles. The summed E-state index contributed by atoms with van der Waals surface area (Å²) in [5.41, 5.74) is 8.87. The molecule has 1 aromatic carbocycles. The maximum absolute atomic E-state index is 5.72. The second kappa shape index (κ2) is 5.13. The van der Waals surface area contributed by atoms with Crippen molar-refractivity contribution in [1.82, 2.24) is 15.0 Å². The Balaban J connectivity index is 1.90. The van der Waals surface area contributed by atoms with Gasteiger partial charge in [0.15, 0.2) is 5.58 Å². The first-order valence-electron chi connectivity index (χ1n) is 6.27. The number of hydrogen-bond donors (Lipinski definition) is 1. The molecule has 0 unspecified atom stereocenters. The summed E-state index contributed by atoms with van der Waals surface area (Å²) in [6.45, 7) is 4.19. The van der Waals surface area contributed by atoms with Crippen LogP contribution in [0.2, 0.25) is 0 Å². The van der Waals surface area contributed by atoms with Crippen molar-refractivity contribution in [2.75, 3.05) is 5.73 Å². The molecule has 2 N–H and O–H groups in total. The number of aromatic nitrogens is 3. The van der Waals surface area contributed by atoms with Gasteiger partial charge in [-0.1, -0.05) is 13.8 Å². The van der Waals surface area contributed by atoms with Gasteiger partial charge in [0.25, 0.3) is 5.22 Å². The van der Waals surface area contributed by atoms with Crippen molar-refractivity contribution in [3.63, 3.8) is 0 Å². The molecule has 0 spiro atoms. The Bertz CT molecular complexity index is 754. The van der Waals surface area contributed by atoms with E-state index in [0.717, 1.165) is 16.2 Å². The van der Waals surface area contributed by atoms with Gasteiger partial charge in [0, 0.05) is 17.4 Å². The quantitative estimate of drug-likeness (QED) is 0.586. The van der Waals surface area contributed by atoms with Gasteiger partial charge in [0.1, 0.15) is 16.9 Å². The van der Waals surface area contributed by atoms with Gasteiger partial charge < -0.3 is 10.2 Å². The van der Waals surface area contributed by atoms with Gasteiger partial charge in [-0.15, -0.1) is 0 Å². The number of nitrogens with two attached hydrogens (primary N) is 1. The van der Waals surface area contributed by atoms with E-state index in [1.165, 1.54) is 11.8 Å². The lowest BCUT2D eigenvalue weighted by atomic mass is 10.1. The molecule has 6 heteroatoms. The van der Waals surface area contributed by atoms with E-state index in [1.54, 1.807) is 18.5 Å². The standard InChI is InChI=1S/C14H14N4OS/c1-8(2)11-6-13(17-7-16-11)20-14-18-10-4-3-9(15)5-12(10)19-14/h3-8H,15H2,1-2H3. The van der Waals surface area contributed by atoms with Crippen molar-refractivity contribution < 1.29 is 4.42 Å². The summed E-state index contributed by atoms with van der Waals surface area (Å²) in [6.07, 6.45) is 1.57. The van der Waals surface area contributed by atoms with Crippen molar-refractivity contribution >= 4 is 28.5 Å². The molecule has 0 atom stereocenters. The third kappa shape index (κ3) is 2.60. The molecule has 0 aliphatic rings. The number of nitrogen functional groups attached to an aromatic ring is 1. The fraction of sp³-hybridized carbons (Fsp3) is 0.214. The van der Waals surface area contributed by atoms with Crippen LogP contribution in [0.4, 0.5) is 5.69 Å². The summed E-state index contributed by atoms with van der Waals surface area (Å²) in [7, 11) is 0. The lowest BCUT2D eigenvalue weighted by Crippen LogP contribution is -1.94. The zero-order valence-electron chi connectivity index (χ0n) is 11.2. The van der Waals surface area contributed by atoms with Crippen LogP contribution in [-0.4, -0.2) is 15.0 Å². The molecule has 2 aromatic heterocycles. The van der Waals surface area contributed by atoms with E-state index in [0.29, 0.717) is 22.4 Å². The van der Waals surface area contributed by atoms with Crippen molar-refractivity contribution in [2.24, 2.45) is 0 Å². The summed E-state index contributed by atoms with van der Waals surface area (Å²) in [6, 6.07) is 7.38. The minimum atomic E-state index is 0.362. The third-order valence-corrected chi connectivity index (χ3v) is 3.62. The van der Waals surface area contributed by atoms with E-state index in [4.69, 9.17) is 10.2 Å². The molecule has 3 aromatic rings. The summed E-state index contributed by atoms with van der Waals surface area (Å²) in [4.78, 5) is 12.9. The first-order chi connectivity index (χ1) is 9.61. The molecule has 2 heterocycles. The maximum Gasteiger partial charge on any atom is 0.263 e. The summed E-state index contributed by atoms with van der Waals surface area (Å²) in [5, 5.41) is 1.38. The number of oxazole rings is 1. The van der Waals surface area contributed by atoms with Crippen molar-refractivity contribution in [2.45, 2.75) is 30.0 Å². The molecule has 5 nitrogen and oxygen atoms in total. The Morgan fingerprint density at radius 2 is 2.05 bits per heavy atom. The SMILES string of the molecule is CC(C)c1cc(Sc2nc3ccc(N)cc3o2)ncn1. The molecule has 102 valence electrons. The topological polar surface area (TPSA) is 77.8 Å². The van der Waals surface area contributed by atoms with E-state index in [-0.39, 0.29) is 0 Å². The van der Waals surface area contributed by atoms with Crippen LogP contribution in [0, 0.1) is 0 Å².